The maximum atomic E-state index is 12.4. The predicted molar refractivity (Wildman–Crippen MR) is 59.1 cm³/mol. The fraction of sp³-hybridized carbons (Fsp3) is 0.182. The standard InChI is InChI=1S/C11H8F3NOS/c1-16-8-4-2-3-7(5-8)10-15-9(6-17-10)11(12,13)14/h2-6H,1H3. The van der Waals surface area contributed by atoms with Crippen LogP contribution in [0.3, 0.4) is 0 Å². The third-order valence-electron chi connectivity index (χ3n) is 2.11. The summed E-state index contributed by atoms with van der Waals surface area (Å²) in [7, 11) is 1.50. The van der Waals surface area contributed by atoms with Crippen LogP contribution < -0.4 is 4.74 Å². The summed E-state index contributed by atoms with van der Waals surface area (Å²) in [6, 6.07) is 6.78. The highest BCUT2D eigenvalue weighted by Crippen LogP contribution is 2.34. The number of benzene rings is 1. The van der Waals surface area contributed by atoms with Crippen LogP contribution >= 0.6 is 11.3 Å². The largest absolute Gasteiger partial charge is 0.497 e. The SMILES string of the molecule is COc1cccc(-c2nc(C(F)(F)F)cs2)c1. The van der Waals surface area contributed by atoms with Gasteiger partial charge in [-0.05, 0) is 12.1 Å². The lowest BCUT2D eigenvalue weighted by Gasteiger charge is -2.02. The first-order valence-electron chi connectivity index (χ1n) is 4.68. The van der Waals surface area contributed by atoms with Gasteiger partial charge in [-0.25, -0.2) is 4.98 Å². The Kier molecular flexibility index (Phi) is 3.06. The molecule has 0 aliphatic rings. The molecule has 0 aliphatic carbocycles. The molecule has 0 unspecified atom stereocenters. The van der Waals surface area contributed by atoms with Gasteiger partial charge in [-0.1, -0.05) is 12.1 Å². The van der Waals surface area contributed by atoms with Crippen LogP contribution in [0, 0.1) is 0 Å². The molecule has 0 bridgehead atoms. The lowest BCUT2D eigenvalue weighted by Crippen LogP contribution is -2.04. The molecule has 17 heavy (non-hydrogen) atoms. The molecule has 0 saturated heterocycles. The third-order valence-corrected chi connectivity index (χ3v) is 3.00. The molecule has 1 aromatic heterocycles. The molecule has 0 spiro atoms. The lowest BCUT2D eigenvalue weighted by atomic mass is 10.2. The molecule has 0 fully saturated rings. The van der Waals surface area contributed by atoms with E-state index in [0.717, 1.165) is 16.7 Å². The van der Waals surface area contributed by atoms with E-state index in [-0.39, 0.29) is 0 Å². The number of ether oxygens (including phenoxy) is 1. The number of halogens is 3. The summed E-state index contributed by atoms with van der Waals surface area (Å²) in [4.78, 5) is 3.57. The molecular formula is C11H8F3NOS. The van der Waals surface area contributed by atoms with Gasteiger partial charge in [0, 0.05) is 10.9 Å². The predicted octanol–water partition coefficient (Wildman–Crippen LogP) is 3.84. The number of aromatic nitrogens is 1. The van der Waals surface area contributed by atoms with Crippen molar-refractivity contribution in [2.45, 2.75) is 6.18 Å². The second-order valence-electron chi connectivity index (χ2n) is 3.27. The quantitative estimate of drug-likeness (QED) is 0.817. The van der Waals surface area contributed by atoms with E-state index in [4.69, 9.17) is 4.74 Å². The Balaban J connectivity index is 2.37. The Morgan fingerprint density at radius 2 is 2.06 bits per heavy atom. The minimum atomic E-state index is -4.40. The van der Waals surface area contributed by atoms with Crippen LogP contribution in [0.4, 0.5) is 13.2 Å². The van der Waals surface area contributed by atoms with Crippen molar-refractivity contribution in [1.29, 1.82) is 0 Å². The second-order valence-corrected chi connectivity index (χ2v) is 4.13. The zero-order chi connectivity index (χ0) is 12.5. The van der Waals surface area contributed by atoms with E-state index in [9.17, 15) is 13.2 Å². The highest BCUT2D eigenvalue weighted by Gasteiger charge is 2.33. The van der Waals surface area contributed by atoms with E-state index >= 15 is 0 Å². The first kappa shape index (κ1) is 11.9. The van der Waals surface area contributed by atoms with Crippen molar-refractivity contribution in [3.05, 3.63) is 35.3 Å². The van der Waals surface area contributed by atoms with Crippen LogP contribution in [0.5, 0.6) is 5.75 Å². The van der Waals surface area contributed by atoms with Gasteiger partial charge in [0.2, 0.25) is 0 Å². The average Bonchev–Trinajstić information content (AvgIpc) is 2.78. The smallest absolute Gasteiger partial charge is 0.434 e. The van der Waals surface area contributed by atoms with E-state index in [1.807, 2.05) is 0 Å². The summed E-state index contributed by atoms with van der Waals surface area (Å²) in [6.07, 6.45) is -4.40. The van der Waals surface area contributed by atoms with Crippen molar-refractivity contribution >= 4 is 11.3 Å². The number of rotatable bonds is 2. The Labute approximate surface area is 99.7 Å². The van der Waals surface area contributed by atoms with Crippen LogP contribution in [0.1, 0.15) is 5.69 Å². The molecule has 1 heterocycles. The zero-order valence-corrected chi connectivity index (χ0v) is 9.60. The Morgan fingerprint density at radius 1 is 1.29 bits per heavy atom. The topological polar surface area (TPSA) is 22.1 Å². The van der Waals surface area contributed by atoms with E-state index < -0.39 is 11.9 Å². The van der Waals surface area contributed by atoms with Gasteiger partial charge in [0.1, 0.15) is 10.8 Å². The number of hydrogen-bond acceptors (Lipinski definition) is 3. The summed E-state index contributed by atoms with van der Waals surface area (Å²) >= 11 is 0.962. The van der Waals surface area contributed by atoms with Crippen molar-refractivity contribution in [3.8, 4) is 16.3 Å². The molecule has 6 heteroatoms. The van der Waals surface area contributed by atoms with Crippen molar-refractivity contribution in [3.63, 3.8) is 0 Å². The first-order chi connectivity index (χ1) is 8.00. The van der Waals surface area contributed by atoms with Gasteiger partial charge in [-0.15, -0.1) is 11.3 Å². The molecule has 0 radical (unpaired) electrons. The number of hydrogen-bond donors (Lipinski definition) is 0. The fourth-order valence-electron chi connectivity index (χ4n) is 1.29. The Hall–Kier alpha value is -1.56. The van der Waals surface area contributed by atoms with Crippen molar-refractivity contribution in [1.82, 2.24) is 4.98 Å². The summed E-state index contributed by atoms with van der Waals surface area (Å²) in [5.41, 5.74) is -0.245. The number of methoxy groups -OCH3 is 1. The molecule has 0 atom stereocenters. The van der Waals surface area contributed by atoms with E-state index in [0.29, 0.717) is 16.3 Å². The highest BCUT2D eigenvalue weighted by molar-refractivity contribution is 7.13. The minimum Gasteiger partial charge on any atom is -0.497 e. The van der Waals surface area contributed by atoms with Gasteiger partial charge in [0.05, 0.1) is 7.11 Å². The molecule has 90 valence electrons. The van der Waals surface area contributed by atoms with Gasteiger partial charge in [0.25, 0.3) is 0 Å². The molecule has 0 amide bonds. The molecule has 2 nitrogen and oxygen atoms in total. The maximum Gasteiger partial charge on any atom is 0.434 e. The minimum absolute atomic E-state index is 0.330. The number of thiazole rings is 1. The molecule has 0 saturated carbocycles. The van der Waals surface area contributed by atoms with Crippen LogP contribution in [0.25, 0.3) is 10.6 Å². The van der Waals surface area contributed by atoms with E-state index in [1.54, 1.807) is 24.3 Å². The first-order valence-corrected chi connectivity index (χ1v) is 5.56. The molecule has 2 rings (SSSR count). The molecular weight excluding hydrogens is 251 g/mol. The summed E-state index contributed by atoms with van der Waals surface area (Å²) in [5, 5.41) is 1.34. The monoisotopic (exact) mass is 259 g/mol. The lowest BCUT2D eigenvalue weighted by molar-refractivity contribution is -0.140. The number of nitrogens with zero attached hydrogens (tertiary/aromatic N) is 1. The summed E-state index contributed by atoms with van der Waals surface area (Å²) < 4.78 is 42.2. The zero-order valence-electron chi connectivity index (χ0n) is 8.78. The van der Waals surface area contributed by atoms with Gasteiger partial charge < -0.3 is 4.74 Å². The van der Waals surface area contributed by atoms with Crippen molar-refractivity contribution in [2.24, 2.45) is 0 Å². The van der Waals surface area contributed by atoms with Gasteiger partial charge in [-0.2, -0.15) is 13.2 Å². The highest BCUT2D eigenvalue weighted by atomic mass is 32.1. The second kappa shape index (κ2) is 4.37. The van der Waals surface area contributed by atoms with Crippen LogP contribution in [0.2, 0.25) is 0 Å². The van der Waals surface area contributed by atoms with E-state index in [1.165, 1.54) is 7.11 Å². The molecule has 2 aromatic rings. The van der Waals surface area contributed by atoms with E-state index in [2.05, 4.69) is 4.98 Å². The number of alkyl halides is 3. The van der Waals surface area contributed by atoms with Gasteiger partial charge >= 0.3 is 6.18 Å². The van der Waals surface area contributed by atoms with Crippen molar-refractivity contribution < 1.29 is 17.9 Å². The summed E-state index contributed by atoms with van der Waals surface area (Å²) in [5.74, 6) is 0.589. The van der Waals surface area contributed by atoms with Gasteiger partial charge in [-0.3, -0.25) is 0 Å². The molecule has 0 N–H and O–H groups in total. The Morgan fingerprint density at radius 3 is 2.65 bits per heavy atom. The maximum absolute atomic E-state index is 12.4. The van der Waals surface area contributed by atoms with Gasteiger partial charge in [0.15, 0.2) is 5.69 Å². The van der Waals surface area contributed by atoms with Crippen molar-refractivity contribution in [2.75, 3.05) is 7.11 Å². The molecule has 0 aliphatic heterocycles. The summed E-state index contributed by atoms with van der Waals surface area (Å²) in [6.45, 7) is 0. The third kappa shape index (κ3) is 2.58. The van der Waals surface area contributed by atoms with Crippen LogP contribution in [-0.4, -0.2) is 12.1 Å². The average molecular weight is 259 g/mol. The van der Waals surface area contributed by atoms with Crippen LogP contribution in [0.15, 0.2) is 29.6 Å². The van der Waals surface area contributed by atoms with Crippen LogP contribution in [-0.2, 0) is 6.18 Å². The fourth-order valence-corrected chi connectivity index (χ4v) is 2.12. The molecule has 1 aromatic carbocycles. The Bertz CT molecular complexity index is 521. The normalized spacial score (nSPS) is 11.5.